The summed E-state index contributed by atoms with van der Waals surface area (Å²) in [5.74, 6) is 0. The number of halogens is 4. The number of anilines is 1. The van der Waals surface area contributed by atoms with Crippen LogP contribution in [0, 0.1) is 0 Å². The molecule has 22 heavy (non-hydrogen) atoms. The predicted octanol–water partition coefficient (Wildman–Crippen LogP) is 3.47. The zero-order chi connectivity index (χ0) is 16.5. The van der Waals surface area contributed by atoms with Crippen LogP contribution in [-0.2, 0) is 12.7 Å². The Bertz CT molecular complexity index is 523. The third-order valence-corrected chi connectivity index (χ3v) is 4.60. The van der Waals surface area contributed by atoms with E-state index in [4.69, 9.17) is 17.3 Å². The summed E-state index contributed by atoms with van der Waals surface area (Å²) in [4.78, 5) is 4.31. The Morgan fingerprint density at radius 1 is 1.27 bits per heavy atom. The second-order valence-electron chi connectivity index (χ2n) is 6.01. The van der Waals surface area contributed by atoms with Crippen LogP contribution in [0.4, 0.5) is 18.9 Å². The van der Waals surface area contributed by atoms with Crippen molar-refractivity contribution >= 4 is 17.3 Å². The number of hydrogen-bond donors (Lipinski definition) is 1. The third kappa shape index (κ3) is 4.06. The largest absolute Gasteiger partial charge is 0.417 e. The van der Waals surface area contributed by atoms with Gasteiger partial charge in [0.25, 0.3) is 0 Å². The quantitative estimate of drug-likeness (QED) is 0.859. The van der Waals surface area contributed by atoms with Crippen molar-refractivity contribution in [1.82, 2.24) is 9.80 Å². The van der Waals surface area contributed by atoms with Crippen molar-refractivity contribution in [2.75, 3.05) is 32.9 Å². The Kier molecular flexibility index (Phi) is 5.25. The minimum atomic E-state index is -4.49. The number of piperidine rings is 1. The highest BCUT2D eigenvalue weighted by Crippen LogP contribution is 2.38. The lowest BCUT2D eigenvalue weighted by Gasteiger charge is -2.35. The third-order valence-electron chi connectivity index (χ3n) is 4.16. The van der Waals surface area contributed by atoms with Crippen molar-refractivity contribution < 1.29 is 13.2 Å². The summed E-state index contributed by atoms with van der Waals surface area (Å²) in [5, 5.41) is -0.239. The molecule has 1 aromatic rings. The van der Waals surface area contributed by atoms with Gasteiger partial charge in [0, 0.05) is 18.3 Å². The minimum Gasteiger partial charge on any atom is -0.399 e. The van der Waals surface area contributed by atoms with E-state index in [0.29, 0.717) is 18.2 Å². The van der Waals surface area contributed by atoms with Gasteiger partial charge in [-0.15, -0.1) is 0 Å². The second-order valence-corrected chi connectivity index (χ2v) is 6.39. The molecule has 3 nitrogen and oxygen atoms in total. The van der Waals surface area contributed by atoms with E-state index in [-0.39, 0.29) is 10.7 Å². The highest BCUT2D eigenvalue weighted by Gasteiger charge is 2.34. The van der Waals surface area contributed by atoms with E-state index in [0.717, 1.165) is 32.0 Å². The predicted molar refractivity (Wildman–Crippen MR) is 82.9 cm³/mol. The fourth-order valence-corrected chi connectivity index (χ4v) is 3.14. The molecule has 124 valence electrons. The molecule has 0 atom stereocenters. The second kappa shape index (κ2) is 6.64. The van der Waals surface area contributed by atoms with Crippen LogP contribution >= 0.6 is 11.6 Å². The summed E-state index contributed by atoms with van der Waals surface area (Å²) in [5.41, 5.74) is 5.29. The molecule has 2 rings (SSSR count). The van der Waals surface area contributed by atoms with Crippen LogP contribution in [0.25, 0.3) is 0 Å². The van der Waals surface area contributed by atoms with E-state index >= 15 is 0 Å². The van der Waals surface area contributed by atoms with Gasteiger partial charge in [0.1, 0.15) is 0 Å². The van der Waals surface area contributed by atoms with Crippen LogP contribution in [0.3, 0.4) is 0 Å². The van der Waals surface area contributed by atoms with Crippen LogP contribution < -0.4 is 5.73 Å². The van der Waals surface area contributed by atoms with Gasteiger partial charge < -0.3 is 10.6 Å². The van der Waals surface area contributed by atoms with Crippen LogP contribution in [0.1, 0.15) is 24.0 Å². The molecule has 1 aromatic carbocycles. The van der Waals surface area contributed by atoms with Crippen molar-refractivity contribution in [3.8, 4) is 0 Å². The molecule has 0 saturated carbocycles. The van der Waals surface area contributed by atoms with Gasteiger partial charge in [0.2, 0.25) is 0 Å². The average molecular weight is 336 g/mol. The summed E-state index contributed by atoms with van der Waals surface area (Å²) in [7, 11) is 4.09. The molecule has 0 aromatic heterocycles. The number of likely N-dealkylation sites (tertiary alicyclic amines) is 1. The molecule has 1 aliphatic heterocycles. The SMILES string of the molecule is CN(C)C1CCN(Cc2cc(N)cc(C(F)(F)F)c2Cl)CC1. The van der Waals surface area contributed by atoms with Gasteiger partial charge >= 0.3 is 6.18 Å². The molecule has 2 N–H and O–H groups in total. The van der Waals surface area contributed by atoms with Crippen LogP contribution in [0.5, 0.6) is 0 Å². The molecule has 1 aliphatic rings. The van der Waals surface area contributed by atoms with Crippen LogP contribution in [0.2, 0.25) is 5.02 Å². The maximum Gasteiger partial charge on any atom is 0.417 e. The first-order valence-corrected chi connectivity index (χ1v) is 7.60. The Hall–Kier alpha value is -0.980. The van der Waals surface area contributed by atoms with Gasteiger partial charge in [-0.25, -0.2) is 0 Å². The monoisotopic (exact) mass is 335 g/mol. The van der Waals surface area contributed by atoms with Crippen molar-refractivity contribution in [1.29, 1.82) is 0 Å². The maximum atomic E-state index is 13.0. The van der Waals surface area contributed by atoms with Crippen LogP contribution in [-0.4, -0.2) is 43.0 Å². The summed E-state index contributed by atoms with van der Waals surface area (Å²) in [6.45, 7) is 2.08. The molecule has 0 spiro atoms. The van der Waals surface area contributed by atoms with Crippen molar-refractivity contribution in [2.24, 2.45) is 0 Å². The smallest absolute Gasteiger partial charge is 0.399 e. The number of nitrogens with zero attached hydrogens (tertiary/aromatic N) is 2. The van der Waals surface area contributed by atoms with Gasteiger partial charge in [-0.1, -0.05) is 11.6 Å². The molecular formula is C15H21ClF3N3. The first-order valence-electron chi connectivity index (χ1n) is 7.22. The number of nitrogens with two attached hydrogens (primary N) is 1. The molecule has 1 saturated heterocycles. The Morgan fingerprint density at radius 3 is 2.36 bits per heavy atom. The Labute approximate surface area is 133 Å². The zero-order valence-electron chi connectivity index (χ0n) is 12.8. The standard InChI is InChI=1S/C15H21ClF3N3/c1-21(2)12-3-5-22(6-4-12)9-10-7-11(20)8-13(14(10)16)15(17,18)19/h7-8,12H,3-6,9,20H2,1-2H3. The number of hydrogen-bond acceptors (Lipinski definition) is 3. The highest BCUT2D eigenvalue weighted by molar-refractivity contribution is 6.32. The first-order chi connectivity index (χ1) is 10.2. The summed E-state index contributed by atoms with van der Waals surface area (Å²) < 4.78 is 38.9. The fraction of sp³-hybridized carbons (Fsp3) is 0.600. The lowest BCUT2D eigenvalue weighted by molar-refractivity contribution is -0.137. The minimum absolute atomic E-state index is 0.0925. The van der Waals surface area contributed by atoms with Gasteiger partial charge in [-0.05, 0) is 57.7 Å². The van der Waals surface area contributed by atoms with Gasteiger partial charge in [-0.2, -0.15) is 13.2 Å². The van der Waals surface area contributed by atoms with E-state index in [1.165, 1.54) is 6.07 Å². The molecule has 0 bridgehead atoms. The van der Waals surface area contributed by atoms with E-state index in [2.05, 4.69) is 9.80 Å². The molecule has 0 aliphatic carbocycles. The number of alkyl halides is 3. The van der Waals surface area contributed by atoms with Crippen molar-refractivity contribution in [3.05, 3.63) is 28.3 Å². The Balaban J connectivity index is 2.12. The van der Waals surface area contributed by atoms with Gasteiger partial charge in [0.05, 0.1) is 10.6 Å². The first kappa shape index (κ1) is 17.4. The topological polar surface area (TPSA) is 32.5 Å². The molecule has 0 unspecified atom stereocenters. The van der Waals surface area contributed by atoms with E-state index in [1.54, 1.807) is 0 Å². The molecule has 0 radical (unpaired) electrons. The normalized spacial score (nSPS) is 18.1. The van der Waals surface area contributed by atoms with Crippen molar-refractivity contribution in [3.63, 3.8) is 0 Å². The van der Waals surface area contributed by atoms with E-state index < -0.39 is 11.7 Å². The lowest BCUT2D eigenvalue weighted by Crippen LogP contribution is -2.41. The van der Waals surface area contributed by atoms with Gasteiger partial charge in [-0.3, -0.25) is 4.90 Å². The maximum absolute atomic E-state index is 13.0. The van der Waals surface area contributed by atoms with Gasteiger partial charge in [0.15, 0.2) is 0 Å². The number of nitrogen functional groups attached to an aromatic ring is 1. The van der Waals surface area contributed by atoms with E-state index in [1.807, 2.05) is 14.1 Å². The molecular weight excluding hydrogens is 315 g/mol. The lowest BCUT2D eigenvalue weighted by atomic mass is 10.0. The summed E-state index contributed by atoms with van der Waals surface area (Å²) in [6, 6.07) is 2.96. The molecule has 7 heteroatoms. The summed E-state index contributed by atoms with van der Waals surface area (Å²) >= 11 is 5.95. The zero-order valence-corrected chi connectivity index (χ0v) is 13.5. The number of benzene rings is 1. The van der Waals surface area contributed by atoms with Crippen LogP contribution in [0.15, 0.2) is 12.1 Å². The molecule has 0 amide bonds. The Morgan fingerprint density at radius 2 is 1.86 bits per heavy atom. The van der Waals surface area contributed by atoms with E-state index in [9.17, 15) is 13.2 Å². The van der Waals surface area contributed by atoms with Crippen molar-refractivity contribution in [2.45, 2.75) is 31.6 Å². The molecule has 1 heterocycles. The highest BCUT2D eigenvalue weighted by atomic mass is 35.5. The summed E-state index contributed by atoms with van der Waals surface area (Å²) in [6.07, 6.45) is -2.49. The average Bonchev–Trinajstić information content (AvgIpc) is 2.42. The molecule has 1 fully saturated rings. The fourth-order valence-electron chi connectivity index (χ4n) is 2.87. The number of rotatable bonds is 3.